The van der Waals surface area contributed by atoms with Crippen molar-refractivity contribution in [2.45, 2.75) is 162 Å². The molecule has 4 fully saturated rings. The Morgan fingerprint density at radius 2 is 0.970 bits per heavy atom. The number of nitrogens with one attached hydrogen (secondary N) is 5. The number of halogens is 3. The summed E-state index contributed by atoms with van der Waals surface area (Å²) in [6.45, 7) is 14.8. The Morgan fingerprint density at radius 1 is 0.545 bits per heavy atom. The molecule has 0 spiro atoms. The van der Waals surface area contributed by atoms with Gasteiger partial charge in [-0.2, -0.15) is 29.9 Å². The number of likely N-dealkylation sites (N-methyl/N-ethyl adjacent to an activating group) is 2. The molecule has 2 aromatic carbocycles. The molecule has 2 aromatic heterocycles. The van der Waals surface area contributed by atoms with E-state index in [0.29, 0.717) is 58.9 Å². The molecule has 0 radical (unpaired) electrons. The molecule has 2 atom stereocenters. The van der Waals surface area contributed by atoms with Crippen LogP contribution in [0.4, 0.5) is 41.1 Å². The molecule has 2 saturated heterocycles. The SMILES string of the molecule is C.CCN1CCCC1CN.CCN1CCCC1CNc1nc(Nc2ccc(C)c(Cl)c2)nc(NC2CCCCCC2)n1.Cc1ccc(Nc2nc(Cl)nc(NC3CCCCCC3)n2)cc1Cl. The summed E-state index contributed by atoms with van der Waals surface area (Å²) in [5.74, 6) is 2.69. The van der Waals surface area contributed by atoms with Gasteiger partial charge in [-0.3, -0.25) is 9.80 Å². The van der Waals surface area contributed by atoms with Gasteiger partial charge in [0.1, 0.15) is 0 Å². The van der Waals surface area contributed by atoms with E-state index in [1.807, 2.05) is 50.2 Å². The lowest BCUT2D eigenvalue weighted by molar-refractivity contribution is 0.272. The first-order chi connectivity index (χ1) is 31.6. The average molecular weight is 969 g/mol. The van der Waals surface area contributed by atoms with Crippen LogP contribution in [0, 0.1) is 13.8 Å². The van der Waals surface area contributed by atoms with Crippen LogP contribution in [0.1, 0.15) is 135 Å². The summed E-state index contributed by atoms with van der Waals surface area (Å²) in [4.78, 5) is 31.8. The summed E-state index contributed by atoms with van der Waals surface area (Å²) in [6, 6.07) is 13.6. The summed E-state index contributed by atoms with van der Waals surface area (Å²) in [5.41, 5.74) is 9.30. The molecule has 2 aliphatic heterocycles. The molecule has 2 saturated carbocycles. The lowest BCUT2D eigenvalue weighted by atomic mass is 10.1. The molecule has 2 aliphatic carbocycles. The lowest BCUT2D eigenvalue weighted by Crippen LogP contribution is -2.35. The molecule has 2 unspecified atom stereocenters. The zero-order valence-corrected chi connectivity index (χ0v) is 41.4. The van der Waals surface area contributed by atoms with Crippen molar-refractivity contribution in [1.29, 1.82) is 0 Å². The number of benzene rings is 2. The molecule has 0 amide bonds. The van der Waals surface area contributed by atoms with Crippen molar-refractivity contribution < 1.29 is 0 Å². The van der Waals surface area contributed by atoms with Crippen LogP contribution in [0.15, 0.2) is 36.4 Å². The van der Waals surface area contributed by atoms with Gasteiger partial charge in [-0.1, -0.05) is 108 Å². The highest BCUT2D eigenvalue weighted by atomic mass is 35.5. The smallest absolute Gasteiger partial charge is 0.233 e. The van der Waals surface area contributed by atoms with Gasteiger partial charge in [0.2, 0.25) is 35.0 Å². The number of likely N-dealkylation sites (tertiary alicyclic amines) is 2. The third kappa shape index (κ3) is 17.1. The lowest BCUT2D eigenvalue weighted by Gasteiger charge is -2.23. The summed E-state index contributed by atoms with van der Waals surface area (Å²) < 4.78 is 0. The minimum absolute atomic E-state index is 0. The highest BCUT2D eigenvalue weighted by molar-refractivity contribution is 6.32. The Kier molecular flexibility index (Phi) is 22.5. The number of hydrogen-bond acceptors (Lipinski definition) is 14. The molecule has 4 aliphatic rings. The van der Waals surface area contributed by atoms with Crippen molar-refractivity contribution in [3.63, 3.8) is 0 Å². The van der Waals surface area contributed by atoms with E-state index < -0.39 is 0 Å². The molecule has 4 aromatic rings. The van der Waals surface area contributed by atoms with Crippen LogP contribution < -0.4 is 32.3 Å². The Balaban J connectivity index is 0.000000211. The van der Waals surface area contributed by atoms with E-state index in [1.165, 1.54) is 96.7 Å². The number of nitrogens with zero attached hydrogens (tertiary/aromatic N) is 8. The van der Waals surface area contributed by atoms with Crippen molar-refractivity contribution in [3.8, 4) is 0 Å². The van der Waals surface area contributed by atoms with E-state index in [-0.39, 0.29) is 12.7 Å². The van der Waals surface area contributed by atoms with Gasteiger partial charge >= 0.3 is 0 Å². The monoisotopic (exact) mass is 967 g/mol. The van der Waals surface area contributed by atoms with Crippen LogP contribution in [-0.4, -0.2) is 103 Å². The van der Waals surface area contributed by atoms with E-state index in [9.17, 15) is 0 Å². The fraction of sp³-hybridized carbons (Fsp3) is 0.633. The topological polar surface area (TPSA) is 170 Å². The zero-order chi connectivity index (χ0) is 46.0. The predicted octanol–water partition coefficient (Wildman–Crippen LogP) is 12.0. The Morgan fingerprint density at radius 3 is 1.44 bits per heavy atom. The fourth-order valence-corrected chi connectivity index (χ4v) is 9.71. The third-order valence-corrected chi connectivity index (χ3v) is 14.0. The standard InChI is InChI=1S/C24H36ClN7.C17H21Cl2N5.C7H16N2.CH4/c1-3-32-14-8-11-20(32)16-26-22-29-23(27-18-9-6-4-5-7-10-18)31-24(30-22)28-19-13-12-17(2)21(25)15-19;1-11-8-9-13(10-14(11)18)21-17-23-15(19)22-16(24-17)20-12-6-4-2-3-5-7-12;1-2-9-5-3-4-7(9)6-8;/h12-13,15,18,20H,3-11,14,16H2,1-2H3,(H3,26,27,28,29,30,31);8-10,12H,2-7H2,1H3,(H2,20,21,22,23,24);7H,2-6,8H2,1H3;1H4. The minimum Gasteiger partial charge on any atom is -0.352 e. The van der Waals surface area contributed by atoms with Crippen molar-refractivity contribution in [1.82, 2.24) is 39.7 Å². The maximum atomic E-state index is 6.31. The number of nitrogens with two attached hydrogens (primary N) is 1. The Hall–Kier alpha value is -3.79. The maximum Gasteiger partial charge on any atom is 0.233 e. The largest absolute Gasteiger partial charge is 0.352 e. The second-order valence-electron chi connectivity index (χ2n) is 17.9. The van der Waals surface area contributed by atoms with Gasteiger partial charge < -0.3 is 32.3 Å². The summed E-state index contributed by atoms with van der Waals surface area (Å²) in [7, 11) is 0. The van der Waals surface area contributed by atoms with Gasteiger partial charge in [0.05, 0.1) is 0 Å². The minimum atomic E-state index is 0. The van der Waals surface area contributed by atoms with Crippen LogP contribution in [0.3, 0.4) is 0 Å². The molecule has 14 nitrogen and oxygen atoms in total. The van der Waals surface area contributed by atoms with Crippen LogP contribution in [-0.2, 0) is 0 Å². The second kappa shape index (κ2) is 27.9. The van der Waals surface area contributed by atoms with Crippen molar-refractivity contribution in [2.75, 3.05) is 65.9 Å². The molecule has 66 heavy (non-hydrogen) atoms. The van der Waals surface area contributed by atoms with E-state index >= 15 is 0 Å². The summed E-state index contributed by atoms with van der Waals surface area (Å²) in [6.07, 6.45) is 20.0. The molecule has 4 heterocycles. The molecule has 17 heteroatoms. The fourth-order valence-electron chi connectivity index (χ4n) is 9.19. The molecule has 7 N–H and O–H groups in total. The number of anilines is 7. The molecule has 8 rings (SSSR count). The van der Waals surface area contributed by atoms with Crippen LogP contribution in [0.5, 0.6) is 0 Å². The molecular weight excluding hydrogens is 891 g/mol. The number of hydrogen-bond donors (Lipinski definition) is 6. The normalized spacial score (nSPS) is 19.5. The van der Waals surface area contributed by atoms with Crippen molar-refractivity contribution in [3.05, 3.63) is 62.9 Å². The van der Waals surface area contributed by atoms with E-state index in [1.54, 1.807) is 0 Å². The van der Waals surface area contributed by atoms with Crippen LogP contribution >= 0.6 is 34.8 Å². The van der Waals surface area contributed by atoms with Gasteiger partial charge in [-0.25, -0.2) is 0 Å². The van der Waals surface area contributed by atoms with E-state index in [0.717, 1.165) is 72.8 Å². The van der Waals surface area contributed by atoms with Gasteiger partial charge in [0.15, 0.2) is 0 Å². The summed E-state index contributed by atoms with van der Waals surface area (Å²) >= 11 is 18.5. The highest BCUT2D eigenvalue weighted by Crippen LogP contribution is 2.27. The maximum absolute atomic E-state index is 6.31. The molecule has 0 bridgehead atoms. The van der Waals surface area contributed by atoms with E-state index in [2.05, 4.69) is 75.2 Å². The molecular formula is C49H77Cl3N14. The van der Waals surface area contributed by atoms with Crippen molar-refractivity contribution in [2.24, 2.45) is 5.73 Å². The first-order valence-corrected chi connectivity index (χ1v) is 25.4. The first-order valence-electron chi connectivity index (χ1n) is 24.3. The van der Waals surface area contributed by atoms with Crippen LogP contribution in [0.2, 0.25) is 15.3 Å². The number of aryl methyl sites for hydroxylation is 2. The highest BCUT2D eigenvalue weighted by Gasteiger charge is 2.24. The number of aromatic nitrogens is 6. The predicted molar refractivity (Wildman–Crippen MR) is 279 cm³/mol. The van der Waals surface area contributed by atoms with Gasteiger partial charge in [-0.05, 0) is 138 Å². The summed E-state index contributed by atoms with van der Waals surface area (Å²) in [5, 5.41) is 18.5. The van der Waals surface area contributed by atoms with Crippen molar-refractivity contribution >= 4 is 75.9 Å². The number of rotatable bonds is 14. The molecule has 364 valence electrons. The Bertz CT molecular complexity index is 2030. The third-order valence-electron chi connectivity index (χ3n) is 13.1. The average Bonchev–Trinajstić information content (AvgIpc) is 3.79. The van der Waals surface area contributed by atoms with Gasteiger partial charge in [-0.15, -0.1) is 0 Å². The van der Waals surface area contributed by atoms with E-state index in [4.69, 9.17) is 45.5 Å². The first kappa shape index (κ1) is 53.2. The van der Waals surface area contributed by atoms with Gasteiger partial charge in [0.25, 0.3) is 0 Å². The second-order valence-corrected chi connectivity index (χ2v) is 19.0. The Labute approximate surface area is 410 Å². The zero-order valence-electron chi connectivity index (χ0n) is 39.1. The van der Waals surface area contributed by atoms with Gasteiger partial charge in [0, 0.05) is 58.7 Å². The van der Waals surface area contributed by atoms with Crippen LogP contribution in [0.25, 0.3) is 0 Å². The quantitative estimate of drug-likeness (QED) is 0.0660.